The van der Waals surface area contributed by atoms with Crippen molar-refractivity contribution in [3.8, 4) is 0 Å². The van der Waals surface area contributed by atoms with E-state index < -0.39 is 5.60 Å². The van der Waals surface area contributed by atoms with Gasteiger partial charge in [0.2, 0.25) is 5.91 Å². The Labute approximate surface area is 165 Å². The molecule has 152 valence electrons. The topological polar surface area (TPSA) is 40.5 Å². The largest absolute Gasteiger partial charge is 0.390 e. The summed E-state index contributed by atoms with van der Waals surface area (Å²) in [5, 5.41) is 11.1. The van der Waals surface area contributed by atoms with Gasteiger partial charge < -0.3 is 10.0 Å². The van der Waals surface area contributed by atoms with Crippen molar-refractivity contribution in [3.05, 3.63) is 12.2 Å². The van der Waals surface area contributed by atoms with E-state index in [0.717, 1.165) is 12.8 Å². The highest BCUT2D eigenvalue weighted by molar-refractivity contribution is 5.89. The first-order valence-electron chi connectivity index (χ1n) is 11.2. The van der Waals surface area contributed by atoms with Crippen LogP contribution >= 0.6 is 0 Å². The molecule has 3 nitrogen and oxygen atoms in total. The predicted molar refractivity (Wildman–Crippen MR) is 109 cm³/mol. The molecule has 0 aromatic heterocycles. The minimum Gasteiger partial charge on any atom is -0.390 e. The van der Waals surface area contributed by atoms with Crippen molar-refractivity contribution in [2.75, 3.05) is 7.05 Å². The number of hydrogen-bond acceptors (Lipinski definition) is 2. The van der Waals surface area contributed by atoms with Crippen LogP contribution < -0.4 is 0 Å². The molecule has 0 unspecified atom stereocenters. The minimum absolute atomic E-state index is 0.104. The van der Waals surface area contributed by atoms with Crippen molar-refractivity contribution in [2.45, 2.75) is 84.8 Å². The predicted octanol–water partition coefficient (Wildman–Crippen LogP) is 4.65. The van der Waals surface area contributed by atoms with E-state index >= 15 is 0 Å². The number of likely N-dealkylation sites (N-methyl/N-ethyl adjacent to an activating group) is 1. The number of aliphatic hydroxyl groups is 1. The number of amides is 1. The van der Waals surface area contributed by atoms with Crippen LogP contribution in [0.2, 0.25) is 0 Å². The van der Waals surface area contributed by atoms with Crippen molar-refractivity contribution >= 4 is 5.91 Å². The van der Waals surface area contributed by atoms with Gasteiger partial charge in [0, 0.05) is 18.5 Å². The van der Waals surface area contributed by atoms with Gasteiger partial charge >= 0.3 is 0 Å². The molecule has 0 aromatic rings. The van der Waals surface area contributed by atoms with Crippen LogP contribution in [0, 0.1) is 40.4 Å². The van der Waals surface area contributed by atoms with Crippen molar-refractivity contribution in [3.63, 3.8) is 0 Å². The molecule has 1 amide bonds. The standard InChI is InChI=1S/C24H39NO2/c1-7-24(5,27)18-9-8-16-21-15(2)14-19-23(4,13-11-20(26)25(19)6)17(21)10-12-22(16,18)3/h11,13,15-19,21,27H,7-10,12,14H2,1-6H3/t15-,16-,17-,18-,19+,21-,22-,23+,24-/m0/s1. The Morgan fingerprint density at radius 2 is 1.96 bits per heavy atom. The first-order chi connectivity index (χ1) is 12.6. The molecule has 3 aliphatic carbocycles. The second-order valence-electron chi connectivity index (χ2n) is 11.1. The lowest BCUT2D eigenvalue weighted by atomic mass is 9.45. The monoisotopic (exact) mass is 373 g/mol. The summed E-state index contributed by atoms with van der Waals surface area (Å²) in [5.74, 6) is 3.32. The molecular weight excluding hydrogens is 334 g/mol. The van der Waals surface area contributed by atoms with Gasteiger partial charge in [-0.15, -0.1) is 0 Å². The normalized spacial score (nSPS) is 51.4. The van der Waals surface area contributed by atoms with E-state index in [1.54, 1.807) is 0 Å². The van der Waals surface area contributed by atoms with Gasteiger partial charge in [0.1, 0.15) is 0 Å². The summed E-state index contributed by atoms with van der Waals surface area (Å²) in [5.41, 5.74) is -0.178. The van der Waals surface area contributed by atoms with Crippen LogP contribution in [0.3, 0.4) is 0 Å². The fraction of sp³-hybridized carbons (Fsp3) is 0.875. The molecule has 3 heteroatoms. The molecule has 0 aromatic carbocycles. The molecule has 3 saturated carbocycles. The van der Waals surface area contributed by atoms with Crippen LogP contribution in [-0.4, -0.2) is 34.6 Å². The van der Waals surface area contributed by atoms with Crippen LogP contribution in [0.5, 0.6) is 0 Å². The number of nitrogens with zero attached hydrogens (tertiary/aromatic N) is 1. The third kappa shape index (κ3) is 2.52. The number of carbonyl (C=O) groups is 1. The van der Waals surface area contributed by atoms with Crippen molar-refractivity contribution < 1.29 is 9.90 Å². The Bertz CT molecular complexity index is 655. The Morgan fingerprint density at radius 1 is 1.26 bits per heavy atom. The molecular formula is C24H39NO2. The molecule has 3 fully saturated rings. The third-order valence-corrected chi connectivity index (χ3v) is 9.97. The van der Waals surface area contributed by atoms with Gasteiger partial charge in [-0.1, -0.05) is 33.8 Å². The highest BCUT2D eigenvalue weighted by Crippen LogP contribution is 2.68. The van der Waals surface area contributed by atoms with E-state index in [2.05, 4.69) is 40.7 Å². The zero-order valence-corrected chi connectivity index (χ0v) is 18.2. The van der Waals surface area contributed by atoms with Crippen molar-refractivity contribution in [2.24, 2.45) is 40.4 Å². The van der Waals surface area contributed by atoms with Crippen LogP contribution in [0.1, 0.15) is 73.1 Å². The van der Waals surface area contributed by atoms with Gasteiger partial charge in [-0.25, -0.2) is 0 Å². The van der Waals surface area contributed by atoms with E-state index in [0.29, 0.717) is 35.6 Å². The first-order valence-corrected chi connectivity index (χ1v) is 11.2. The lowest BCUT2D eigenvalue weighted by Crippen LogP contribution is -2.62. The maximum Gasteiger partial charge on any atom is 0.246 e. The Balaban J connectivity index is 1.70. The molecule has 0 radical (unpaired) electrons. The molecule has 4 aliphatic rings. The first kappa shape index (κ1) is 19.5. The van der Waals surface area contributed by atoms with E-state index in [-0.39, 0.29) is 16.7 Å². The quantitative estimate of drug-likeness (QED) is 0.765. The average molecular weight is 374 g/mol. The zero-order valence-electron chi connectivity index (χ0n) is 18.2. The number of fused-ring (bicyclic) bond motifs is 5. The summed E-state index contributed by atoms with van der Waals surface area (Å²) >= 11 is 0. The Morgan fingerprint density at radius 3 is 2.63 bits per heavy atom. The lowest BCUT2D eigenvalue weighted by Gasteiger charge is -2.62. The van der Waals surface area contributed by atoms with Crippen molar-refractivity contribution in [1.29, 1.82) is 0 Å². The number of carbonyl (C=O) groups excluding carboxylic acids is 1. The molecule has 0 bridgehead atoms. The van der Waals surface area contributed by atoms with E-state index in [1.165, 1.54) is 25.7 Å². The van der Waals surface area contributed by atoms with Gasteiger partial charge in [-0.2, -0.15) is 0 Å². The summed E-state index contributed by atoms with van der Waals surface area (Å²) in [6.07, 6.45) is 11.0. The molecule has 1 N–H and O–H groups in total. The lowest BCUT2D eigenvalue weighted by molar-refractivity contribution is -0.151. The Hall–Kier alpha value is -0.830. The molecule has 27 heavy (non-hydrogen) atoms. The van der Waals surface area contributed by atoms with Crippen LogP contribution in [0.15, 0.2) is 12.2 Å². The van der Waals surface area contributed by atoms with Crippen LogP contribution in [0.4, 0.5) is 0 Å². The summed E-state index contributed by atoms with van der Waals surface area (Å²) in [7, 11) is 2.00. The van der Waals surface area contributed by atoms with Gasteiger partial charge in [-0.05, 0) is 86.5 Å². The summed E-state index contributed by atoms with van der Waals surface area (Å²) in [6, 6.07) is 0.339. The second-order valence-corrected chi connectivity index (χ2v) is 11.1. The molecule has 1 aliphatic heterocycles. The second kappa shape index (κ2) is 6.08. The number of hydrogen-bond donors (Lipinski definition) is 1. The number of rotatable bonds is 2. The fourth-order valence-electron chi connectivity index (χ4n) is 8.32. The molecule has 0 saturated heterocycles. The molecule has 9 atom stereocenters. The maximum absolute atomic E-state index is 12.3. The maximum atomic E-state index is 12.3. The van der Waals surface area contributed by atoms with Gasteiger partial charge in [0.15, 0.2) is 0 Å². The molecule has 4 rings (SSSR count). The molecule has 0 spiro atoms. The van der Waals surface area contributed by atoms with E-state index in [4.69, 9.17) is 0 Å². The fourth-order valence-corrected chi connectivity index (χ4v) is 8.32. The van der Waals surface area contributed by atoms with Crippen molar-refractivity contribution in [1.82, 2.24) is 4.90 Å². The summed E-state index contributed by atoms with van der Waals surface area (Å²) in [6.45, 7) is 11.5. The van der Waals surface area contributed by atoms with Gasteiger partial charge in [0.05, 0.1) is 5.60 Å². The Kier molecular flexibility index (Phi) is 4.39. The van der Waals surface area contributed by atoms with Gasteiger partial charge in [-0.3, -0.25) is 4.79 Å². The van der Waals surface area contributed by atoms with Crippen LogP contribution in [-0.2, 0) is 4.79 Å². The highest BCUT2D eigenvalue weighted by atomic mass is 16.3. The van der Waals surface area contributed by atoms with E-state index in [1.807, 2.05) is 18.0 Å². The third-order valence-electron chi connectivity index (χ3n) is 9.97. The smallest absolute Gasteiger partial charge is 0.246 e. The molecule has 1 heterocycles. The van der Waals surface area contributed by atoms with Gasteiger partial charge in [0.25, 0.3) is 0 Å². The zero-order chi connectivity index (χ0) is 19.8. The van der Waals surface area contributed by atoms with E-state index in [9.17, 15) is 9.90 Å². The minimum atomic E-state index is -0.544. The summed E-state index contributed by atoms with van der Waals surface area (Å²) < 4.78 is 0. The SMILES string of the molecule is CC[C@](C)(O)[C@H]1CC[C@H]2[C@@H]3[C@@H](C)C[C@H]4N(C)C(=O)C=C[C@]4(C)[C@H]3CC[C@@]21C. The average Bonchev–Trinajstić information content (AvgIpc) is 2.98. The summed E-state index contributed by atoms with van der Waals surface area (Å²) in [4.78, 5) is 14.3. The highest BCUT2D eigenvalue weighted by Gasteiger charge is 2.63. The van der Waals surface area contributed by atoms with Crippen LogP contribution in [0.25, 0.3) is 0 Å².